The molecule has 0 aliphatic heterocycles. The fourth-order valence-corrected chi connectivity index (χ4v) is 2.83. The van der Waals surface area contributed by atoms with Crippen molar-refractivity contribution in [2.24, 2.45) is 5.92 Å². The van der Waals surface area contributed by atoms with Crippen LogP contribution in [-0.4, -0.2) is 18.0 Å². The van der Waals surface area contributed by atoms with E-state index in [4.69, 9.17) is 4.74 Å². The quantitative estimate of drug-likeness (QED) is 0.936. The van der Waals surface area contributed by atoms with Gasteiger partial charge in [-0.1, -0.05) is 6.42 Å². The molecule has 0 spiro atoms. The third kappa shape index (κ3) is 2.67. The van der Waals surface area contributed by atoms with E-state index in [0.29, 0.717) is 5.13 Å². The van der Waals surface area contributed by atoms with Gasteiger partial charge in [0.15, 0.2) is 5.13 Å². The van der Waals surface area contributed by atoms with Gasteiger partial charge in [0.25, 0.3) is 0 Å². The molecule has 0 unspecified atom stereocenters. The van der Waals surface area contributed by atoms with Crippen LogP contribution in [0, 0.1) is 5.92 Å². The number of hydrogen-bond acceptors (Lipinski definition) is 4. The number of rotatable bonds is 4. The monoisotopic (exact) mass is 288 g/mol. The topological polar surface area (TPSA) is 51.2 Å². The summed E-state index contributed by atoms with van der Waals surface area (Å²) in [5.74, 6) is 1.11. The molecule has 1 N–H and O–H groups in total. The van der Waals surface area contributed by atoms with Gasteiger partial charge in [0, 0.05) is 16.9 Å². The lowest BCUT2D eigenvalue weighted by atomic mass is 9.85. The summed E-state index contributed by atoms with van der Waals surface area (Å²) in [5, 5.41) is 5.53. The molecule has 104 valence electrons. The van der Waals surface area contributed by atoms with Crippen LogP contribution in [0.5, 0.6) is 5.75 Å². The molecule has 5 heteroatoms. The van der Waals surface area contributed by atoms with Crippen LogP contribution < -0.4 is 10.1 Å². The minimum absolute atomic E-state index is 0.104. The average Bonchev–Trinajstić information content (AvgIpc) is 2.85. The number of benzene rings is 1. The van der Waals surface area contributed by atoms with Crippen LogP contribution in [0.25, 0.3) is 11.3 Å². The minimum atomic E-state index is 0.104. The summed E-state index contributed by atoms with van der Waals surface area (Å²) in [6, 6.07) is 7.74. The van der Waals surface area contributed by atoms with Crippen LogP contribution in [0.2, 0.25) is 0 Å². The van der Waals surface area contributed by atoms with E-state index in [1.54, 1.807) is 7.11 Å². The van der Waals surface area contributed by atoms with Gasteiger partial charge in [-0.3, -0.25) is 4.79 Å². The van der Waals surface area contributed by atoms with Gasteiger partial charge in [0.2, 0.25) is 5.91 Å². The number of hydrogen-bond donors (Lipinski definition) is 1. The summed E-state index contributed by atoms with van der Waals surface area (Å²) in [5.41, 5.74) is 1.90. The summed E-state index contributed by atoms with van der Waals surface area (Å²) in [6.45, 7) is 0. The van der Waals surface area contributed by atoms with Crippen molar-refractivity contribution < 1.29 is 9.53 Å². The van der Waals surface area contributed by atoms with E-state index in [-0.39, 0.29) is 11.8 Å². The highest BCUT2D eigenvalue weighted by Gasteiger charge is 2.25. The standard InChI is InChI=1S/C15H16N2O2S/c1-19-12-7-5-10(6-8-12)13-9-20-15(16-13)17-14(18)11-3-2-4-11/h5-9,11H,2-4H2,1H3,(H,16,17,18). The van der Waals surface area contributed by atoms with Gasteiger partial charge in [-0.05, 0) is 37.1 Å². The number of methoxy groups -OCH3 is 1. The summed E-state index contributed by atoms with van der Waals surface area (Å²) in [7, 11) is 1.64. The number of anilines is 1. The van der Waals surface area contributed by atoms with Gasteiger partial charge < -0.3 is 10.1 Å². The first kappa shape index (κ1) is 13.1. The Labute approximate surface area is 121 Å². The first-order chi connectivity index (χ1) is 9.76. The Bertz CT molecular complexity index is 603. The largest absolute Gasteiger partial charge is 0.497 e. The van der Waals surface area contributed by atoms with Crippen molar-refractivity contribution in [2.45, 2.75) is 19.3 Å². The zero-order valence-electron chi connectivity index (χ0n) is 11.3. The van der Waals surface area contributed by atoms with E-state index in [2.05, 4.69) is 10.3 Å². The lowest BCUT2D eigenvalue weighted by Gasteiger charge is -2.23. The lowest BCUT2D eigenvalue weighted by molar-refractivity contribution is -0.122. The third-order valence-electron chi connectivity index (χ3n) is 3.60. The van der Waals surface area contributed by atoms with Gasteiger partial charge in [0.1, 0.15) is 5.75 Å². The van der Waals surface area contributed by atoms with E-state index in [1.165, 1.54) is 11.3 Å². The Balaban J connectivity index is 1.70. The number of nitrogens with one attached hydrogen (secondary N) is 1. The molecule has 0 radical (unpaired) electrons. The molecule has 1 aliphatic rings. The SMILES string of the molecule is COc1ccc(-c2csc(NC(=O)C3CCC3)n2)cc1. The molecule has 3 rings (SSSR count). The molecule has 1 aliphatic carbocycles. The first-order valence-corrected chi connectivity index (χ1v) is 7.55. The third-order valence-corrected chi connectivity index (χ3v) is 4.35. The molecule has 0 saturated heterocycles. The molecule has 1 fully saturated rings. The normalized spacial score (nSPS) is 14.7. The van der Waals surface area contributed by atoms with Crippen LogP contribution in [0.4, 0.5) is 5.13 Å². The summed E-state index contributed by atoms with van der Waals surface area (Å²) >= 11 is 1.46. The summed E-state index contributed by atoms with van der Waals surface area (Å²) in [4.78, 5) is 16.3. The number of aromatic nitrogens is 1. The predicted molar refractivity (Wildman–Crippen MR) is 80.1 cm³/mol. The highest BCUT2D eigenvalue weighted by Crippen LogP contribution is 2.30. The molecule has 1 aromatic heterocycles. The fourth-order valence-electron chi connectivity index (χ4n) is 2.10. The first-order valence-electron chi connectivity index (χ1n) is 6.67. The fraction of sp³-hybridized carbons (Fsp3) is 0.333. The predicted octanol–water partition coefficient (Wildman–Crippen LogP) is 3.56. The molecule has 0 bridgehead atoms. The second-order valence-corrected chi connectivity index (χ2v) is 5.74. The van der Waals surface area contributed by atoms with Crippen molar-refractivity contribution in [1.82, 2.24) is 4.98 Å². The highest BCUT2D eigenvalue weighted by atomic mass is 32.1. The van der Waals surface area contributed by atoms with Gasteiger partial charge >= 0.3 is 0 Å². The van der Waals surface area contributed by atoms with E-state index in [1.807, 2.05) is 29.6 Å². The number of carbonyl (C=O) groups excluding carboxylic acids is 1. The zero-order valence-corrected chi connectivity index (χ0v) is 12.1. The van der Waals surface area contributed by atoms with Crippen LogP contribution in [0.1, 0.15) is 19.3 Å². The number of thiazole rings is 1. The molecule has 20 heavy (non-hydrogen) atoms. The summed E-state index contributed by atoms with van der Waals surface area (Å²) < 4.78 is 5.13. The Morgan fingerprint density at radius 1 is 1.35 bits per heavy atom. The summed E-state index contributed by atoms with van der Waals surface area (Å²) in [6.07, 6.45) is 3.16. The highest BCUT2D eigenvalue weighted by molar-refractivity contribution is 7.14. The minimum Gasteiger partial charge on any atom is -0.497 e. The maximum absolute atomic E-state index is 11.9. The number of carbonyl (C=O) groups is 1. The second-order valence-electron chi connectivity index (χ2n) is 4.88. The Morgan fingerprint density at radius 3 is 2.70 bits per heavy atom. The van der Waals surface area contributed by atoms with E-state index in [0.717, 1.165) is 36.3 Å². The molecule has 2 aromatic rings. The van der Waals surface area contributed by atoms with Crippen molar-refractivity contribution >= 4 is 22.4 Å². The second kappa shape index (κ2) is 5.63. The molecule has 1 heterocycles. The van der Waals surface area contributed by atoms with Gasteiger partial charge in [-0.15, -0.1) is 11.3 Å². The Hall–Kier alpha value is -1.88. The van der Waals surface area contributed by atoms with E-state index >= 15 is 0 Å². The van der Waals surface area contributed by atoms with Crippen LogP contribution in [0.3, 0.4) is 0 Å². The number of amides is 1. The number of nitrogens with zero attached hydrogens (tertiary/aromatic N) is 1. The van der Waals surface area contributed by atoms with Crippen molar-refractivity contribution in [3.8, 4) is 17.0 Å². The van der Waals surface area contributed by atoms with Gasteiger partial charge in [-0.2, -0.15) is 0 Å². The maximum Gasteiger partial charge on any atom is 0.229 e. The average molecular weight is 288 g/mol. The molecule has 4 nitrogen and oxygen atoms in total. The van der Waals surface area contributed by atoms with Crippen molar-refractivity contribution in [2.75, 3.05) is 12.4 Å². The smallest absolute Gasteiger partial charge is 0.229 e. The number of ether oxygens (including phenoxy) is 1. The maximum atomic E-state index is 11.9. The Morgan fingerprint density at radius 2 is 2.10 bits per heavy atom. The molecular formula is C15H16N2O2S. The van der Waals surface area contributed by atoms with E-state index in [9.17, 15) is 4.79 Å². The molecule has 1 amide bonds. The Kier molecular flexibility index (Phi) is 3.69. The van der Waals surface area contributed by atoms with Crippen molar-refractivity contribution in [1.29, 1.82) is 0 Å². The van der Waals surface area contributed by atoms with Crippen molar-refractivity contribution in [3.63, 3.8) is 0 Å². The van der Waals surface area contributed by atoms with Crippen LogP contribution in [0.15, 0.2) is 29.6 Å². The van der Waals surface area contributed by atoms with Gasteiger partial charge in [0.05, 0.1) is 12.8 Å². The van der Waals surface area contributed by atoms with Crippen LogP contribution >= 0.6 is 11.3 Å². The van der Waals surface area contributed by atoms with Crippen LogP contribution in [-0.2, 0) is 4.79 Å². The van der Waals surface area contributed by atoms with Gasteiger partial charge in [-0.25, -0.2) is 4.98 Å². The molecular weight excluding hydrogens is 272 g/mol. The van der Waals surface area contributed by atoms with E-state index < -0.39 is 0 Å². The molecule has 1 saturated carbocycles. The lowest BCUT2D eigenvalue weighted by Crippen LogP contribution is -2.27. The molecule has 0 atom stereocenters. The van der Waals surface area contributed by atoms with Crippen molar-refractivity contribution in [3.05, 3.63) is 29.6 Å². The molecule has 1 aromatic carbocycles. The zero-order chi connectivity index (χ0) is 13.9.